The Morgan fingerprint density at radius 3 is 2.46 bits per heavy atom. The lowest BCUT2D eigenvalue weighted by Crippen LogP contribution is -2.59. The van der Waals surface area contributed by atoms with Gasteiger partial charge in [-0.3, -0.25) is 14.5 Å². The maximum absolute atomic E-state index is 13.6. The Labute approximate surface area is 216 Å². The monoisotopic (exact) mass is 512 g/mol. The molecule has 2 aliphatic heterocycles. The van der Waals surface area contributed by atoms with E-state index in [2.05, 4.69) is 32.0 Å². The van der Waals surface area contributed by atoms with Crippen molar-refractivity contribution in [1.29, 1.82) is 0 Å². The topological polar surface area (TPSA) is 81.7 Å². The van der Waals surface area contributed by atoms with Crippen molar-refractivity contribution < 1.29 is 18.4 Å². The van der Waals surface area contributed by atoms with Crippen LogP contribution in [-0.4, -0.2) is 82.4 Å². The van der Waals surface area contributed by atoms with E-state index in [-0.39, 0.29) is 23.4 Å². The Balaban J connectivity index is 1.18. The van der Waals surface area contributed by atoms with E-state index in [1.807, 2.05) is 6.92 Å². The molecule has 5 rings (SSSR count). The van der Waals surface area contributed by atoms with E-state index in [0.29, 0.717) is 30.9 Å². The molecule has 0 unspecified atom stereocenters. The summed E-state index contributed by atoms with van der Waals surface area (Å²) in [7, 11) is 0. The van der Waals surface area contributed by atoms with Crippen LogP contribution in [0, 0.1) is 18.6 Å². The summed E-state index contributed by atoms with van der Waals surface area (Å²) in [6.45, 7) is 7.80. The lowest BCUT2D eigenvalue weighted by Gasteiger charge is -2.47. The van der Waals surface area contributed by atoms with Crippen molar-refractivity contribution in [3.8, 4) is 0 Å². The number of aromatic nitrogens is 2. The first-order chi connectivity index (χ1) is 17.8. The predicted octanol–water partition coefficient (Wildman–Crippen LogP) is 3.16. The van der Waals surface area contributed by atoms with Crippen LogP contribution in [0.5, 0.6) is 0 Å². The third-order valence-electron chi connectivity index (χ3n) is 7.75. The van der Waals surface area contributed by atoms with E-state index < -0.39 is 11.6 Å². The van der Waals surface area contributed by atoms with Gasteiger partial charge in [0.05, 0.1) is 11.9 Å². The molecule has 1 aromatic carbocycles. The van der Waals surface area contributed by atoms with Gasteiger partial charge >= 0.3 is 0 Å². The van der Waals surface area contributed by atoms with Crippen LogP contribution < -0.4 is 10.2 Å². The highest BCUT2D eigenvalue weighted by atomic mass is 19.2. The van der Waals surface area contributed by atoms with Gasteiger partial charge in [0, 0.05) is 56.4 Å². The van der Waals surface area contributed by atoms with E-state index >= 15 is 0 Å². The normalized spacial score (nSPS) is 21.2. The summed E-state index contributed by atoms with van der Waals surface area (Å²) in [5, 5.41) is 2.96. The summed E-state index contributed by atoms with van der Waals surface area (Å²) in [5.41, 5.74) is 1.31. The van der Waals surface area contributed by atoms with Crippen molar-refractivity contribution in [1.82, 2.24) is 25.1 Å². The van der Waals surface area contributed by atoms with E-state index in [4.69, 9.17) is 0 Å². The summed E-state index contributed by atoms with van der Waals surface area (Å²) in [6, 6.07) is 4.31. The minimum atomic E-state index is -1.000. The first-order valence-electron chi connectivity index (χ1n) is 13.2. The van der Waals surface area contributed by atoms with Gasteiger partial charge in [-0.25, -0.2) is 18.7 Å². The summed E-state index contributed by atoms with van der Waals surface area (Å²) < 4.78 is 26.8. The average molecular weight is 513 g/mol. The fourth-order valence-corrected chi connectivity index (χ4v) is 5.50. The molecule has 3 fully saturated rings. The second-order valence-corrected chi connectivity index (χ2v) is 10.3. The molecule has 0 bridgehead atoms. The van der Waals surface area contributed by atoms with Crippen LogP contribution in [0.4, 0.5) is 14.6 Å². The minimum absolute atomic E-state index is 0.157. The molecule has 3 aliphatic rings. The first kappa shape index (κ1) is 25.5. The van der Waals surface area contributed by atoms with Gasteiger partial charge in [0.1, 0.15) is 11.5 Å². The van der Waals surface area contributed by atoms with Gasteiger partial charge in [0.15, 0.2) is 11.6 Å². The third kappa shape index (κ3) is 5.58. The van der Waals surface area contributed by atoms with E-state index in [1.54, 1.807) is 11.1 Å². The van der Waals surface area contributed by atoms with Gasteiger partial charge in [0.2, 0.25) is 0 Å². The number of nitrogens with one attached hydrogen (secondary N) is 1. The molecular weight excluding hydrogens is 478 g/mol. The second kappa shape index (κ2) is 10.7. The van der Waals surface area contributed by atoms with Crippen molar-refractivity contribution in [3.05, 3.63) is 53.0 Å². The molecule has 1 N–H and O–H groups in total. The molecule has 0 radical (unpaired) electrons. The Hall–Kier alpha value is -3.14. The van der Waals surface area contributed by atoms with Crippen LogP contribution in [0.25, 0.3) is 0 Å². The van der Waals surface area contributed by atoms with Gasteiger partial charge in [0.25, 0.3) is 11.8 Å². The second-order valence-electron chi connectivity index (χ2n) is 10.3. The Bertz CT molecular complexity index is 1170. The van der Waals surface area contributed by atoms with Crippen LogP contribution in [0.2, 0.25) is 0 Å². The molecule has 3 heterocycles. The van der Waals surface area contributed by atoms with Crippen molar-refractivity contribution >= 4 is 17.6 Å². The first-order valence-corrected chi connectivity index (χ1v) is 13.2. The Morgan fingerprint density at radius 1 is 1.05 bits per heavy atom. The van der Waals surface area contributed by atoms with Crippen LogP contribution in [0.3, 0.4) is 0 Å². The number of hydrogen-bond donors (Lipinski definition) is 1. The highest BCUT2D eigenvalue weighted by molar-refractivity contribution is 5.94. The number of nitrogens with zero attached hydrogens (tertiary/aromatic N) is 5. The van der Waals surface area contributed by atoms with Crippen LogP contribution >= 0.6 is 0 Å². The van der Waals surface area contributed by atoms with Gasteiger partial charge in [-0.2, -0.15) is 0 Å². The maximum atomic E-state index is 13.6. The molecule has 10 heteroatoms. The zero-order valence-electron chi connectivity index (χ0n) is 21.4. The Kier molecular flexibility index (Phi) is 7.37. The highest BCUT2D eigenvalue weighted by Gasteiger charge is 2.35. The van der Waals surface area contributed by atoms with Gasteiger partial charge < -0.3 is 15.1 Å². The van der Waals surface area contributed by atoms with Crippen molar-refractivity contribution in [2.75, 3.05) is 37.6 Å². The number of carbonyl (C=O) groups excluding carboxylic acids is 2. The molecule has 0 spiro atoms. The molecule has 1 aromatic heterocycles. The summed E-state index contributed by atoms with van der Waals surface area (Å²) >= 11 is 0. The Morgan fingerprint density at radius 2 is 1.81 bits per heavy atom. The van der Waals surface area contributed by atoms with Crippen molar-refractivity contribution in [3.63, 3.8) is 0 Å². The summed E-state index contributed by atoms with van der Waals surface area (Å²) in [5.74, 6) is -1.53. The molecule has 37 heavy (non-hydrogen) atoms. The van der Waals surface area contributed by atoms with Gasteiger partial charge in [-0.05, 0) is 57.2 Å². The molecule has 2 aromatic rings. The molecule has 2 amide bonds. The summed E-state index contributed by atoms with van der Waals surface area (Å²) in [6.07, 6.45) is 6.31. The molecule has 1 aliphatic carbocycles. The van der Waals surface area contributed by atoms with Crippen LogP contribution in [0.1, 0.15) is 65.6 Å². The number of hydrogen-bond acceptors (Lipinski definition) is 6. The highest BCUT2D eigenvalue weighted by Crippen LogP contribution is 2.27. The van der Waals surface area contributed by atoms with Crippen molar-refractivity contribution in [2.45, 2.75) is 64.1 Å². The number of benzene rings is 1. The van der Waals surface area contributed by atoms with Crippen LogP contribution in [-0.2, 0) is 0 Å². The largest absolute Gasteiger partial charge is 0.352 e. The zero-order chi connectivity index (χ0) is 26.1. The number of halogens is 2. The lowest BCUT2D eigenvalue weighted by atomic mass is 9.97. The van der Waals surface area contributed by atoms with Crippen molar-refractivity contribution in [2.24, 2.45) is 0 Å². The number of anilines is 1. The smallest absolute Gasteiger partial charge is 0.271 e. The van der Waals surface area contributed by atoms with Gasteiger partial charge in [-0.15, -0.1) is 0 Å². The lowest BCUT2D eigenvalue weighted by molar-refractivity contribution is 0.0490. The minimum Gasteiger partial charge on any atom is -0.352 e. The van der Waals surface area contributed by atoms with E-state index in [9.17, 15) is 18.4 Å². The molecule has 1 atom stereocenters. The fourth-order valence-electron chi connectivity index (χ4n) is 5.50. The molecular formula is C27H34F2N6O2. The van der Waals surface area contributed by atoms with Crippen LogP contribution in [0.15, 0.2) is 24.4 Å². The zero-order valence-corrected chi connectivity index (χ0v) is 21.4. The molecule has 8 nitrogen and oxygen atoms in total. The van der Waals surface area contributed by atoms with E-state index in [0.717, 1.165) is 75.4 Å². The molecule has 2 saturated heterocycles. The fraction of sp³-hybridized carbons (Fsp3) is 0.556. The third-order valence-corrected chi connectivity index (χ3v) is 7.75. The number of rotatable bonds is 6. The number of carbonyl (C=O) groups is 2. The number of aryl methyl sites for hydroxylation is 1. The molecule has 1 saturated carbocycles. The average Bonchev–Trinajstić information content (AvgIpc) is 3.73. The maximum Gasteiger partial charge on any atom is 0.271 e. The number of likely N-dealkylation sites (tertiary alicyclic amines) is 1. The number of piperidine rings is 1. The van der Waals surface area contributed by atoms with E-state index in [1.165, 1.54) is 6.07 Å². The predicted molar refractivity (Wildman–Crippen MR) is 136 cm³/mol. The standard InChI is InChI=1S/C27H34F2N6O2/c1-3-20-16-34(25-17(2)31-24(15-30-25)26(36)32-19-5-6-19)12-13-35(20)21-8-10-33(11-9-21)27(37)18-4-7-22(28)23(29)14-18/h4,7,14-15,19-21H,3,5-6,8-13,16H2,1-2H3,(H,32,36)/t20-/m0/s1. The number of piperazine rings is 1. The number of amides is 2. The SMILES string of the molecule is CC[C@H]1CN(c2ncc(C(=O)NC3CC3)nc2C)CCN1C1CCN(C(=O)c2ccc(F)c(F)c2)CC1. The summed E-state index contributed by atoms with van der Waals surface area (Å²) in [4.78, 5) is 40.8. The quantitative estimate of drug-likeness (QED) is 0.641. The van der Waals surface area contributed by atoms with Gasteiger partial charge in [-0.1, -0.05) is 6.92 Å². The molecule has 198 valence electrons.